The molecule has 5 nitrogen and oxygen atoms in total. The number of piperidine rings is 1. The summed E-state index contributed by atoms with van der Waals surface area (Å²) in [4.78, 5) is 25.5. The van der Waals surface area contributed by atoms with E-state index in [2.05, 4.69) is 13.8 Å². The van der Waals surface area contributed by atoms with Crippen LogP contribution in [0.4, 0.5) is 0 Å². The maximum atomic E-state index is 12.0. The highest BCUT2D eigenvalue weighted by Gasteiger charge is 2.29. The van der Waals surface area contributed by atoms with E-state index < -0.39 is 12.1 Å². The molecule has 1 fully saturated rings. The zero-order valence-corrected chi connectivity index (χ0v) is 12.8. The number of carbonyl (C=O) groups is 2. The van der Waals surface area contributed by atoms with Gasteiger partial charge in [0.2, 0.25) is 5.91 Å². The van der Waals surface area contributed by atoms with Crippen LogP contribution in [-0.4, -0.2) is 46.9 Å². The van der Waals surface area contributed by atoms with E-state index in [4.69, 9.17) is 5.73 Å². The van der Waals surface area contributed by atoms with Gasteiger partial charge in [0.1, 0.15) is 11.8 Å². The lowest BCUT2D eigenvalue weighted by Crippen LogP contribution is -2.51. The summed E-state index contributed by atoms with van der Waals surface area (Å²) in [6.07, 6.45) is 2.15. The van der Waals surface area contributed by atoms with Crippen LogP contribution in [0.5, 0.6) is 0 Å². The smallest absolute Gasteiger partial charge is 0.242 e. The molecule has 2 atom stereocenters. The Kier molecular flexibility index (Phi) is 6.62. The van der Waals surface area contributed by atoms with Crippen molar-refractivity contribution in [2.75, 3.05) is 13.1 Å². The molecule has 0 spiro atoms. The average molecular weight is 284 g/mol. The van der Waals surface area contributed by atoms with Gasteiger partial charge in [-0.3, -0.25) is 9.59 Å². The van der Waals surface area contributed by atoms with Gasteiger partial charge >= 0.3 is 0 Å². The number of hydrogen-bond donors (Lipinski definition) is 2. The first-order valence-electron chi connectivity index (χ1n) is 7.55. The Balaban J connectivity index is 2.36. The molecule has 1 amide bonds. The monoisotopic (exact) mass is 284 g/mol. The summed E-state index contributed by atoms with van der Waals surface area (Å²) in [6, 6.07) is -0.839. The van der Waals surface area contributed by atoms with Crippen molar-refractivity contribution in [1.82, 2.24) is 4.90 Å². The second-order valence-corrected chi connectivity index (χ2v) is 6.38. The van der Waals surface area contributed by atoms with Crippen LogP contribution in [-0.2, 0) is 9.59 Å². The highest BCUT2D eigenvalue weighted by Crippen LogP contribution is 2.22. The summed E-state index contributed by atoms with van der Waals surface area (Å²) in [7, 11) is 0. The van der Waals surface area contributed by atoms with Gasteiger partial charge in [0.15, 0.2) is 0 Å². The summed E-state index contributed by atoms with van der Waals surface area (Å²) in [6.45, 7) is 6.91. The summed E-state index contributed by atoms with van der Waals surface area (Å²) >= 11 is 0. The molecule has 3 N–H and O–H groups in total. The zero-order valence-electron chi connectivity index (χ0n) is 12.8. The summed E-state index contributed by atoms with van der Waals surface area (Å²) in [5.41, 5.74) is 5.67. The maximum absolute atomic E-state index is 12.0. The van der Waals surface area contributed by atoms with Crippen LogP contribution >= 0.6 is 0 Å². The Morgan fingerprint density at radius 3 is 2.25 bits per heavy atom. The second-order valence-electron chi connectivity index (χ2n) is 6.38. The van der Waals surface area contributed by atoms with Crippen molar-refractivity contribution < 1.29 is 14.7 Å². The number of carbonyl (C=O) groups excluding carboxylic acids is 2. The first kappa shape index (κ1) is 17.1. The van der Waals surface area contributed by atoms with Crippen molar-refractivity contribution in [3.05, 3.63) is 0 Å². The van der Waals surface area contributed by atoms with Gasteiger partial charge < -0.3 is 15.7 Å². The Morgan fingerprint density at radius 1 is 1.25 bits per heavy atom. The molecule has 0 aromatic carbocycles. The normalized spacial score (nSPS) is 20.0. The highest BCUT2D eigenvalue weighted by atomic mass is 16.3. The van der Waals surface area contributed by atoms with Crippen LogP contribution in [0, 0.1) is 11.8 Å². The predicted octanol–water partition coefficient (Wildman–Crippen LogP) is 0.938. The van der Waals surface area contributed by atoms with Gasteiger partial charge in [-0.15, -0.1) is 0 Å². The summed E-state index contributed by atoms with van der Waals surface area (Å²) in [5.74, 6) is 0.929. The number of Topliss-reactive ketones (excluding diaryl/α,β-unsaturated/α-hetero) is 1. The number of likely N-dealkylation sites (tertiary alicyclic amines) is 1. The van der Waals surface area contributed by atoms with E-state index in [9.17, 15) is 14.7 Å². The van der Waals surface area contributed by atoms with Gasteiger partial charge in [-0.25, -0.2) is 0 Å². The van der Waals surface area contributed by atoms with Crippen molar-refractivity contribution in [1.29, 1.82) is 0 Å². The number of nitrogens with zero attached hydrogens (tertiary/aromatic N) is 1. The molecule has 20 heavy (non-hydrogen) atoms. The third-order valence-electron chi connectivity index (χ3n) is 3.88. The molecule has 1 heterocycles. The molecule has 0 unspecified atom stereocenters. The van der Waals surface area contributed by atoms with Crippen molar-refractivity contribution in [3.8, 4) is 0 Å². The summed E-state index contributed by atoms with van der Waals surface area (Å²) < 4.78 is 0. The maximum Gasteiger partial charge on any atom is 0.242 e. The minimum Gasteiger partial charge on any atom is -0.391 e. The lowest BCUT2D eigenvalue weighted by molar-refractivity contribution is -0.136. The molecule has 0 saturated carbocycles. The van der Waals surface area contributed by atoms with Gasteiger partial charge in [0.25, 0.3) is 0 Å². The van der Waals surface area contributed by atoms with Crippen LogP contribution in [0.15, 0.2) is 0 Å². The van der Waals surface area contributed by atoms with E-state index in [1.807, 2.05) is 0 Å². The molecule has 5 heteroatoms. The van der Waals surface area contributed by atoms with Crippen molar-refractivity contribution in [3.63, 3.8) is 0 Å². The summed E-state index contributed by atoms with van der Waals surface area (Å²) in [5, 5.41) is 9.36. The predicted molar refractivity (Wildman–Crippen MR) is 78.0 cm³/mol. The standard InChI is InChI=1S/C15H28N2O3/c1-10(2)8-13(19)9-12-4-6-17(7-5-12)15(20)14(16)11(3)18/h10-12,14,18H,4-9,16H2,1-3H3/t11-,14+/m1/s1. The Hall–Kier alpha value is -0.940. The minimum atomic E-state index is -0.839. The average Bonchev–Trinajstić information content (AvgIpc) is 2.36. The van der Waals surface area contributed by atoms with Gasteiger partial charge in [0, 0.05) is 25.9 Å². The Morgan fingerprint density at radius 2 is 1.80 bits per heavy atom. The molecule has 116 valence electrons. The molecule has 0 radical (unpaired) electrons. The zero-order chi connectivity index (χ0) is 15.3. The SMILES string of the molecule is CC(C)CC(=O)CC1CCN(C(=O)[C@@H](N)[C@@H](C)O)CC1. The number of aliphatic hydroxyl groups excluding tert-OH is 1. The number of rotatable bonds is 6. The van der Waals surface area contributed by atoms with Crippen molar-refractivity contribution >= 4 is 11.7 Å². The molecular formula is C15H28N2O3. The number of hydrogen-bond acceptors (Lipinski definition) is 4. The largest absolute Gasteiger partial charge is 0.391 e. The number of ketones is 1. The van der Waals surface area contributed by atoms with Crippen molar-refractivity contribution in [2.24, 2.45) is 17.6 Å². The van der Waals surface area contributed by atoms with Gasteiger partial charge in [-0.05, 0) is 31.6 Å². The van der Waals surface area contributed by atoms with E-state index in [-0.39, 0.29) is 5.91 Å². The molecular weight excluding hydrogens is 256 g/mol. The topological polar surface area (TPSA) is 83.6 Å². The van der Waals surface area contributed by atoms with Crippen LogP contribution < -0.4 is 5.73 Å². The molecule has 0 bridgehead atoms. The van der Waals surface area contributed by atoms with Gasteiger partial charge in [0.05, 0.1) is 6.10 Å². The molecule has 1 saturated heterocycles. The van der Waals surface area contributed by atoms with E-state index >= 15 is 0 Å². The third kappa shape index (κ3) is 5.21. The quantitative estimate of drug-likeness (QED) is 0.760. The second kappa shape index (κ2) is 7.74. The Bertz CT molecular complexity index is 334. The Labute approximate surface area is 121 Å². The fourth-order valence-corrected chi connectivity index (χ4v) is 2.64. The minimum absolute atomic E-state index is 0.188. The molecule has 0 aromatic rings. The first-order valence-corrected chi connectivity index (χ1v) is 7.55. The lowest BCUT2D eigenvalue weighted by Gasteiger charge is -2.33. The van der Waals surface area contributed by atoms with Crippen molar-refractivity contribution in [2.45, 2.75) is 58.6 Å². The van der Waals surface area contributed by atoms with E-state index in [0.29, 0.717) is 43.6 Å². The fraction of sp³-hybridized carbons (Fsp3) is 0.867. The highest BCUT2D eigenvalue weighted by molar-refractivity contribution is 5.82. The third-order valence-corrected chi connectivity index (χ3v) is 3.88. The number of nitrogens with two attached hydrogens (primary N) is 1. The molecule has 0 aliphatic carbocycles. The molecule has 1 rings (SSSR count). The number of amides is 1. The fourth-order valence-electron chi connectivity index (χ4n) is 2.64. The molecule has 1 aliphatic heterocycles. The van der Waals surface area contributed by atoms with Crippen LogP contribution in [0.2, 0.25) is 0 Å². The lowest BCUT2D eigenvalue weighted by atomic mass is 9.89. The molecule has 1 aliphatic rings. The number of aliphatic hydroxyl groups is 1. The first-order chi connectivity index (χ1) is 9.31. The van der Waals surface area contributed by atoms with Crippen LogP contribution in [0.3, 0.4) is 0 Å². The van der Waals surface area contributed by atoms with E-state index in [1.165, 1.54) is 6.92 Å². The van der Waals surface area contributed by atoms with E-state index in [0.717, 1.165) is 12.8 Å². The van der Waals surface area contributed by atoms with Crippen LogP contribution in [0.1, 0.15) is 46.5 Å². The van der Waals surface area contributed by atoms with E-state index in [1.54, 1.807) is 4.90 Å². The van der Waals surface area contributed by atoms with Crippen LogP contribution in [0.25, 0.3) is 0 Å². The van der Waals surface area contributed by atoms with Gasteiger partial charge in [-0.1, -0.05) is 13.8 Å². The molecule has 0 aromatic heterocycles. The van der Waals surface area contributed by atoms with Gasteiger partial charge in [-0.2, -0.15) is 0 Å².